The minimum Gasteiger partial charge on any atom is -0.355 e. The second kappa shape index (κ2) is 9.96. The number of ether oxygens (including phenoxy) is 2. The van der Waals surface area contributed by atoms with Gasteiger partial charge < -0.3 is 14.8 Å². The molecule has 1 rings (SSSR count). The van der Waals surface area contributed by atoms with E-state index < -0.39 is 0 Å². The van der Waals surface area contributed by atoms with E-state index in [1.54, 1.807) is 14.2 Å². The minimum atomic E-state index is -0.183. The third-order valence-corrected chi connectivity index (χ3v) is 3.35. The van der Waals surface area contributed by atoms with Gasteiger partial charge in [0.2, 0.25) is 0 Å². The molecule has 0 aromatic heterocycles. The van der Waals surface area contributed by atoms with Gasteiger partial charge in [0, 0.05) is 26.8 Å². The monoisotopic (exact) mass is 265 g/mol. The Morgan fingerprint density at radius 3 is 2.32 bits per heavy atom. The first-order valence-electron chi connectivity index (χ1n) is 7.15. The molecule has 0 saturated carbocycles. The van der Waals surface area contributed by atoms with Crippen molar-refractivity contribution >= 4 is 0 Å². The van der Waals surface area contributed by atoms with E-state index in [4.69, 9.17) is 9.47 Å². The smallest absolute Gasteiger partial charge is 0.169 e. The first kappa shape index (κ1) is 16.2. The lowest BCUT2D eigenvalue weighted by molar-refractivity contribution is -0.100. The fraction of sp³-hybridized carbons (Fsp3) is 0.625. The predicted octanol–water partition coefficient (Wildman–Crippen LogP) is 3.52. The Hall–Kier alpha value is -0.900. The fourth-order valence-electron chi connectivity index (χ4n) is 2.17. The first-order chi connectivity index (χ1) is 9.31. The van der Waals surface area contributed by atoms with Crippen LogP contribution in [-0.4, -0.2) is 27.1 Å². The van der Waals surface area contributed by atoms with Crippen LogP contribution < -0.4 is 5.32 Å². The zero-order valence-electron chi connectivity index (χ0n) is 12.4. The van der Waals surface area contributed by atoms with Gasteiger partial charge in [-0.05, 0) is 12.0 Å². The number of nitrogens with one attached hydrogen (secondary N) is 1. The standard InChI is InChI=1S/C16H27NO2/c1-4-5-7-12-15(14-10-8-6-9-11-14)17-13-16(18-2)19-3/h6,8-11,15-17H,4-5,7,12-13H2,1-3H3. The molecule has 1 aromatic carbocycles. The summed E-state index contributed by atoms with van der Waals surface area (Å²) in [7, 11) is 3.34. The number of benzene rings is 1. The number of methoxy groups -OCH3 is 2. The average Bonchev–Trinajstić information content (AvgIpc) is 2.47. The van der Waals surface area contributed by atoms with Crippen molar-refractivity contribution in [1.29, 1.82) is 0 Å². The summed E-state index contributed by atoms with van der Waals surface area (Å²) in [6.07, 6.45) is 4.74. The third-order valence-electron chi connectivity index (χ3n) is 3.35. The van der Waals surface area contributed by atoms with E-state index in [0.717, 1.165) is 6.42 Å². The summed E-state index contributed by atoms with van der Waals surface area (Å²) in [5, 5.41) is 3.55. The molecule has 108 valence electrons. The molecule has 0 fully saturated rings. The van der Waals surface area contributed by atoms with E-state index in [9.17, 15) is 0 Å². The zero-order valence-corrected chi connectivity index (χ0v) is 12.4. The lowest BCUT2D eigenvalue weighted by atomic mass is 10.0. The Balaban J connectivity index is 2.54. The van der Waals surface area contributed by atoms with Gasteiger partial charge in [-0.2, -0.15) is 0 Å². The summed E-state index contributed by atoms with van der Waals surface area (Å²) in [6.45, 7) is 2.94. The highest BCUT2D eigenvalue weighted by Gasteiger charge is 2.13. The lowest BCUT2D eigenvalue weighted by Crippen LogP contribution is -2.32. The molecular formula is C16H27NO2. The van der Waals surface area contributed by atoms with E-state index in [0.29, 0.717) is 12.6 Å². The van der Waals surface area contributed by atoms with Gasteiger partial charge in [-0.15, -0.1) is 0 Å². The van der Waals surface area contributed by atoms with Crippen molar-refractivity contribution in [2.45, 2.75) is 44.9 Å². The molecular weight excluding hydrogens is 238 g/mol. The molecule has 3 nitrogen and oxygen atoms in total. The summed E-state index contributed by atoms with van der Waals surface area (Å²) in [5.41, 5.74) is 1.34. The molecule has 0 radical (unpaired) electrons. The summed E-state index contributed by atoms with van der Waals surface area (Å²) in [4.78, 5) is 0. The normalized spacial score (nSPS) is 12.8. The number of unbranched alkanes of at least 4 members (excludes halogenated alkanes) is 2. The topological polar surface area (TPSA) is 30.5 Å². The zero-order chi connectivity index (χ0) is 13.9. The van der Waals surface area contributed by atoms with Crippen LogP contribution in [0.1, 0.15) is 44.2 Å². The van der Waals surface area contributed by atoms with E-state index in [-0.39, 0.29) is 6.29 Å². The Bertz CT molecular complexity index is 312. The highest BCUT2D eigenvalue weighted by Crippen LogP contribution is 2.19. The molecule has 1 atom stereocenters. The second-order valence-electron chi connectivity index (χ2n) is 4.77. The van der Waals surface area contributed by atoms with Gasteiger partial charge in [-0.25, -0.2) is 0 Å². The molecule has 0 saturated heterocycles. The van der Waals surface area contributed by atoms with Gasteiger partial charge in [-0.1, -0.05) is 56.5 Å². The van der Waals surface area contributed by atoms with Crippen LogP contribution in [0.2, 0.25) is 0 Å². The largest absolute Gasteiger partial charge is 0.355 e. The number of hydrogen-bond acceptors (Lipinski definition) is 3. The molecule has 0 heterocycles. The molecule has 0 aliphatic heterocycles. The van der Waals surface area contributed by atoms with Gasteiger partial charge in [0.15, 0.2) is 6.29 Å². The molecule has 0 aliphatic rings. The van der Waals surface area contributed by atoms with Gasteiger partial charge in [0.25, 0.3) is 0 Å². The molecule has 3 heteroatoms. The summed E-state index contributed by atoms with van der Waals surface area (Å²) < 4.78 is 10.5. The molecule has 19 heavy (non-hydrogen) atoms. The van der Waals surface area contributed by atoms with Crippen molar-refractivity contribution in [3.63, 3.8) is 0 Å². The van der Waals surface area contributed by atoms with E-state index >= 15 is 0 Å². The molecule has 0 bridgehead atoms. The minimum absolute atomic E-state index is 0.183. The molecule has 0 aliphatic carbocycles. The highest BCUT2D eigenvalue weighted by atomic mass is 16.7. The van der Waals surface area contributed by atoms with E-state index in [1.165, 1.54) is 24.8 Å². The Labute approximate surface area is 117 Å². The van der Waals surface area contributed by atoms with Crippen LogP contribution in [0.3, 0.4) is 0 Å². The predicted molar refractivity (Wildman–Crippen MR) is 79.1 cm³/mol. The SMILES string of the molecule is CCCCCC(NCC(OC)OC)c1ccccc1. The van der Waals surface area contributed by atoms with Crippen molar-refractivity contribution in [3.8, 4) is 0 Å². The highest BCUT2D eigenvalue weighted by molar-refractivity contribution is 5.18. The molecule has 0 amide bonds. The van der Waals surface area contributed by atoms with Crippen LogP contribution in [0.25, 0.3) is 0 Å². The molecule has 0 spiro atoms. The van der Waals surface area contributed by atoms with Crippen LogP contribution in [0.4, 0.5) is 0 Å². The Morgan fingerprint density at radius 2 is 1.74 bits per heavy atom. The quantitative estimate of drug-likeness (QED) is 0.518. The van der Waals surface area contributed by atoms with Crippen LogP contribution in [-0.2, 0) is 9.47 Å². The Kier molecular flexibility index (Phi) is 8.47. The summed E-state index contributed by atoms with van der Waals surface area (Å²) in [6, 6.07) is 11.0. The van der Waals surface area contributed by atoms with Crippen LogP contribution in [0, 0.1) is 0 Å². The van der Waals surface area contributed by atoms with Crippen molar-refractivity contribution in [2.75, 3.05) is 20.8 Å². The molecule has 1 unspecified atom stereocenters. The molecule has 1 aromatic rings. The Morgan fingerprint density at radius 1 is 1.05 bits per heavy atom. The van der Waals surface area contributed by atoms with Crippen molar-refractivity contribution in [1.82, 2.24) is 5.32 Å². The third kappa shape index (κ3) is 6.19. The lowest BCUT2D eigenvalue weighted by Gasteiger charge is -2.22. The molecule has 1 N–H and O–H groups in total. The van der Waals surface area contributed by atoms with Crippen LogP contribution in [0.5, 0.6) is 0 Å². The van der Waals surface area contributed by atoms with E-state index in [2.05, 4.69) is 42.6 Å². The van der Waals surface area contributed by atoms with Crippen molar-refractivity contribution in [2.24, 2.45) is 0 Å². The first-order valence-corrected chi connectivity index (χ1v) is 7.15. The van der Waals surface area contributed by atoms with Gasteiger partial charge in [-0.3, -0.25) is 0 Å². The maximum Gasteiger partial charge on any atom is 0.169 e. The van der Waals surface area contributed by atoms with Crippen molar-refractivity contribution in [3.05, 3.63) is 35.9 Å². The average molecular weight is 265 g/mol. The number of hydrogen-bond donors (Lipinski definition) is 1. The second-order valence-corrected chi connectivity index (χ2v) is 4.77. The van der Waals surface area contributed by atoms with Gasteiger partial charge in [0.1, 0.15) is 0 Å². The summed E-state index contributed by atoms with van der Waals surface area (Å²) in [5.74, 6) is 0. The van der Waals surface area contributed by atoms with Gasteiger partial charge in [0.05, 0.1) is 0 Å². The summed E-state index contributed by atoms with van der Waals surface area (Å²) >= 11 is 0. The number of rotatable bonds is 10. The van der Waals surface area contributed by atoms with Crippen LogP contribution in [0.15, 0.2) is 30.3 Å². The maximum atomic E-state index is 5.23. The van der Waals surface area contributed by atoms with E-state index in [1.807, 2.05) is 0 Å². The fourth-order valence-corrected chi connectivity index (χ4v) is 2.17. The van der Waals surface area contributed by atoms with Crippen molar-refractivity contribution < 1.29 is 9.47 Å². The van der Waals surface area contributed by atoms with Crippen LogP contribution >= 0.6 is 0 Å². The van der Waals surface area contributed by atoms with Gasteiger partial charge >= 0.3 is 0 Å². The maximum absolute atomic E-state index is 5.23.